The van der Waals surface area contributed by atoms with Crippen LogP contribution in [-0.2, 0) is 28.6 Å². The fourth-order valence-corrected chi connectivity index (χ4v) is 3.57. The highest BCUT2D eigenvalue weighted by atomic mass is 16.6. The van der Waals surface area contributed by atoms with Crippen LogP contribution in [0, 0.1) is 16.7 Å². The summed E-state index contributed by atoms with van der Waals surface area (Å²) in [5.41, 5.74) is -0.685. The highest BCUT2D eigenvalue weighted by Gasteiger charge is 2.54. The maximum atomic E-state index is 12.6. The van der Waals surface area contributed by atoms with Crippen molar-refractivity contribution in [1.82, 2.24) is 0 Å². The fourth-order valence-electron chi connectivity index (χ4n) is 3.57. The van der Waals surface area contributed by atoms with Gasteiger partial charge in [-0.05, 0) is 37.8 Å². The number of methoxy groups -OCH3 is 1. The van der Waals surface area contributed by atoms with Crippen LogP contribution in [0.3, 0.4) is 0 Å². The van der Waals surface area contributed by atoms with Crippen LogP contribution in [0.25, 0.3) is 0 Å². The van der Waals surface area contributed by atoms with Gasteiger partial charge in [0.2, 0.25) is 0 Å². The van der Waals surface area contributed by atoms with Gasteiger partial charge in [0.05, 0.1) is 26.4 Å². The molecular formula is C21H23NO6. The summed E-state index contributed by atoms with van der Waals surface area (Å²) in [5.74, 6) is -2.91. The largest absolute Gasteiger partial charge is 0.468 e. The Bertz CT molecular complexity index is 803. The molecule has 2 unspecified atom stereocenters. The number of benzene rings is 1. The Morgan fingerprint density at radius 2 is 1.68 bits per heavy atom. The lowest BCUT2D eigenvalue weighted by atomic mass is 9.75. The highest BCUT2D eigenvalue weighted by Crippen LogP contribution is 2.53. The van der Waals surface area contributed by atoms with Gasteiger partial charge < -0.3 is 14.2 Å². The van der Waals surface area contributed by atoms with E-state index in [4.69, 9.17) is 14.2 Å². The van der Waals surface area contributed by atoms with Gasteiger partial charge in [0, 0.05) is 5.92 Å². The molecule has 2 rings (SSSR count). The van der Waals surface area contributed by atoms with Gasteiger partial charge >= 0.3 is 17.9 Å². The first-order valence-corrected chi connectivity index (χ1v) is 9.06. The van der Waals surface area contributed by atoms with E-state index >= 15 is 0 Å². The van der Waals surface area contributed by atoms with E-state index in [-0.39, 0.29) is 31.6 Å². The minimum atomic E-state index is -1.55. The lowest BCUT2D eigenvalue weighted by Gasteiger charge is -2.25. The van der Waals surface area contributed by atoms with Crippen LogP contribution in [0.2, 0.25) is 0 Å². The lowest BCUT2D eigenvalue weighted by molar-refractivity contribution is -0.150. The van der Waals surface area contributed by atoms with Gasteiger partial charge in [-0.2, -0.15) is 5.26 Å². The third-order valence-electron chi connectivity index (χ3n) is 4.80. The lowest BCUT2D eigenvalue weighted by Crippen LogP contribution is -2.33. The number of nitrogens with zero attached hydrogens (tertiary/aromatic N) is 1. The van der Waals surface area contributed by atoms with Gasteiger partial charge in [-0.1, -0.05) is 30.3 Å². The number of carbonyl (C=O) groups is 3. The van der Waals surface area contributed by atoms with Gasteiger partial charge in [-0.3, -0.25) is 4.79 Å². The molecule has 0 amide bonds. The van der Waals surface area contributed by atoms with Crippen molar-refractivity contribution in [3.8, 4) is 6.07 Å². The zero-order valence-corrected chi connectivity index (χ0v) is 16.2. The van der Waals surface area contributed by atoms with E-state index in [1.165, 1.54) is 7.11 Å². The SMILES string of the molecule is CCOC(=O)C(C(=O)OCC)=C1CC(c2ccccc2)C(C#N)(C(=O)OC)C1. The number of rotatable bonds is 6. The second-order valence-electron chi connectivity index (χ2n) is 6.34. The summed E-state index contributed by atoms with van der Waals surface area (Å²) in [5, 5.41) is 9.93. The second kappa shape index (κ2) is 9.18. The Kier molecular flexibility index (Phi) is 6.94. The zero-order valence-electron chi connectivity index (χ0n) is 16.2. The topological polar surface area (TPSA) is 103 Å². The molecule has 0 aliphatic heterocycles. The molecular weight excluding hydrogens is 362 g/mol. The Morgan fingerprint density at radius 3 is 2.14 bits per heavy atom. The normalized spacial score (nSPS) is 20.8. The van der Waals surface area contributed by atoms with Crippen molar-refractivity contribution in [3.63, 3.8) is 0 Å². The van der Waals surface area contributed by atoms with Crippen LogP contribution in [-0.4, -0.2) is 38.2 Å². The predicted octanol–water partition coefficient (Wildman–Crippen LogP) is 2.67. The van der Waals surface area contributed by atoms with E-state index in [1.54, 1.807) is 38.1 Å². The molecule has 0 radical (unpaired) electrons. The van der Waals surface area contributed by atoms with Gasteiger partial charge in [-0.25, -0.2) is 9.59 Å². The number of allylic oxidation sites excluding steroid dienone is 1. The number of nitriles is 1. The molecule has 0 spiro atoms. The summed E-state index contributed by atoms with van der Waals surface area (Å²) < 4.78 is 14.9. The minimum Gasteiger partial charge on any atom is -0.468 e. The fraction of sp³-hybridized carbons (Fsp3) is 0.429. The molecule has 0 N–H and O–H groups in total. The Morgan fingerprint density at radius 1 is 1.11 bits per heavy atom. The smallest absolute Gasteiger partial charge is 0.345 e. The Labute approximate surface area is 163 Å². The van der Waals surface area contributed by atoms with E-state index in [9.17, 15) is 19.6 Å². The molecule has 7 nitrogen and oxygen atoms in total. The molecule has 0 saturated heterocycles. The van der Waals surface area contributed by atoms with Crippen molar-refractivity contribution < 1.29 is 28.6 Å². The molecule has 0 aromatic heterocycles. The van der Waals surface area contributed by atoms with Crippen molar-refractivity contribution in [1.29, 1.82) is 5.26 Å². The zero-order chi connectivity index (χ0) is 20.7. The molecule has 1 saturated carbocycles. The summed E-state index contributed by atoms with van der Waals surface area (Å²) >= 11 is 0. The average molecular weight is 385 g/mol. The molecule has 148 valence electrons. The summed E-state index contributed by atoms with van der Waals surface area (Å²) in [6.45, 7) is 3.41. The quantitative estimate of drug-likeness (QED) is 0.244. The molecule has 0 bridgehead atoms. The second-order valence-corrected chi connectivity index (χ2v) is 6.34. The summed E-state index contributed by atoms with van der Waals surface area (Å²) in [6.07, 6.45) is 0.0579. The van der Waals surface area contributed by atoms with Crippen molar-refractivity contribution in [2.24, 2.45) is 5.41 Å². The Hall–Kier alpha value is -3.14. The monoisotopic (exact) mass is 385 g/mol. The van der Waals surface area contributed by atoms with E-state index in [1.807, 2.05) is 6.07 Å². The van der Waals surface area contributed by atoms with Crippen LogP contribution < -0.4 is 0 Å². The van der Waals surface area contributed by atoms with Crippen LogP contribution in [0.5, 0.6) is 0 Å². The van der Waals surface area contributed by atoms with Crippen molar-refractivity contribution >= 4 is 17.9 Å². The van der Waals surface area contributed by atoms with Gasteiger partial charge in [0.1, 0.15) is 5.57 Å². The molecule has 1 aromatic rings. The number of esters is 3. The molecule has 1 fully saturated rings. The Balaban J connectivity index is 2.64. The maximum absolute atomic E-state index is 12.6. The molecule has 0 heterocycles. The third-order valence-corrected chi connectivity index (χ3v) is 4.80. The standard InChI is InChI=1S/C21H23NO6/c1-4-27-18(23)17(19(24)28-5-2)15-11-16(14-9-7-6-8-10-14)21(12-15,13-22)20(25)26-3/h6-10,16H,4-5,11-12H2,1-3H3. The maximum Gasteiger partial charge on any atom is 0.345 e. The molecule has 2 atom stereocenters. The number of ether oxygens (including phenoxy) is 3. The van der Waals surface area contributed by atoms with Crippen molar-refractivity contribution in [3.05, 3.63) is 47.0 Å². The third kappa shape index (κ3) is 3.91. The van der Waals surface area contributed by atoms with Crippen LogP contribution in [0.4, 0.5) is 0 Å². The molecule has 7 heteroatoms. The first-order chi connectivity index (χ1) is 13.4. The van der Waals surface area contributed by atoms with Crippen LogP contribution in [0.1, 0.15) is 38.2 Å². The van der Waals surface area contributed by atoms with E-state index in [0.29, 0.717) is 5.57 Å². The molecule has 28 heavy (non-hydrogen) atoms. The molecule has 1 aromatic carbocycles. The van der Waals surface area contributed by atoms with E-state index in [0.717, 1.165) is 5.56 Å². The first kappa shape index (κ1) is 21.2. The van der Waals surface area contributed by atoms with Crippen molar-refractivity contribution in [2.75, 3.05) is 20.3 Å². The van der Waals surface area contributed by atoms with Gasteiger partial charge in [-0.15, -0.1) is 0 Å². The number of hydrogen-bond acceptors (Lipinski definition) is 7. The van der Waals surface area contributed by atoms with E-state index < -0.39 is 29.2 Å². The number of carbonyl (C=O) groups excluding carboxylic acids is 3. The van der Waals surface area contributed by atoms with E-state index in [2.05, 4.69) is 6.07 Å². The van der Waals surface area contributed by atoms with Crippen molar-refractivity contribution in [2.45, 2.75) is 32.6 Å². The summed E-state index contributed by atoms with van der Waals surface area (Å²) in [7, 11) is 1.21. The minimum absolute atomic E-state index is 0.0809. The molecule has 1 aliphatic carbocycles. The van der Waals surface area contributed by atoms with Gasteiger partial charge in [0.15, 0.2) is 5.41 Å². The van der Waals surface area contributed by atoms with Crippen LogP contribution in [0.15, 0.2) is 41.5 Å². The highest BCUT2D eigenvalue weighted by molar-refractivity contribution is 6.15. The summed E-state index contributed by atoms with van der Waals surface area (Å²) in [6, 6.07) is 11.1. The van der Waals surface area contributed by atoms with Gasteiger partial charge in [0.25, 0.3) is 0 Å². The predicted molar refractivity (Wildman–Crippen MR) is 98.8 cm³/mol. The molecule has 1 aliphatic rings. The number of hydrogen-bond donors (Lipinski definition) is 0. The summed E-state index contributed by atoms with van der Waals surface area (Å²) in [4.78, 5) is 37.5. The van der Waals surface area contributed by atoms with Crippen LogP contribution >= 0.6 is 0 Å². The average Bonchev–Trinajstić information content (AvgIpc) is 3.09. The first-order valence-electron chi connectivity index (χ1n) is 9.06.